The van der Waals surface area contributed by atoms with Gasteiger partial charge in [-0.05, 0) is 30.5 Å². The first-order valence-electron chi connectivity index (χ1n) is 7.08. The van der Waals surface area contributed by atoms with E-state index in [1.54, 1.807) is 24.3 Å². The third kappa shape index (κ3) is 4.73. The van der Waals surface area contributed by atoms with E-state index in [0.29, 0.717) is 5.69 Å². The minimum atomic E-state index is -1.08. The second-order valence-corrected chi connectivity index (χ2v) is 5.17. The number of amides is 2. The summed E-state index contributed by atoms with van der Waals surface area (Å²) in [6.07, 6.45) is 5.65. The molecular weight excluding hydrogens is 284 g/mol. The predicted octanol–water partition coefficient (Wildman–Crippen LogP) is 1.33. The molecule has 2 amide bonds. The highest BCUT2D eigenvalue weighted by Crippen LogP contribution is 2.20. The van der Waals surface area contributed by atoms with Crippen LogP contribution in [0.4, 0.5) is 5.69 Å². The minimum absolute atomic E-state index is 0.00136. The van der Waals surface area contributed by atoms with E-state index < -0.39 is 5.97 Å². The molecule has 0 spiro atoms. The highest BCUT2D eigenvalue weighted by molar-refractivity contribution is 5.93. The molecule has 1 aromatic carbocycles. The molecule has 1 aliphatic carbocycles. The lowest BCUT2D eigenvalue weighted by atomic mass is 10.1. The Bertz CT molecular complexity index is 585. The number of hydrogen-bond acceptors (Lipinski definition) is 3. The Morgan fingerprint density at radius 3 is 2.32 bits per heavy atom. The lowest BCUT2D eigenvalue weighted by Gasteiger charge is -2.11. The number of benzene rings is 1. The molecule has 0 saturated carbocycles. The molecule has 0 unspecified atom stereocenters. The molecule has 116 valence electrons. The maximum atomic E-state index is 12.0. The molecule has 6 nitrogen and oxygen atoms in total. The van der Waals surface area contributed by atoms with Gasteiger partial charge in [-0.2, -0.15) is 0 Å². The highest BCUT2D eigenvalue weighted by atomic mass is 16.4. The lowest BCUT2D eigenvalue weighted by Crippen LogP contribution is -2.30. The molecule has 3 N–H and O–H groups in total. The summed E-state index contributed by atoms with van der Waals surface area (Å²) < 4.78 is 0. The van der Waals surface area contributed by atoms with Gasteiger partial charge in [0.2, 0.25) is 11.8 Å². The largest absolute Gasteiger partial charge is 0.480 e. The molecule has 6 heteroatoms. The van der Waals surface area contributed by atoms with Crippen LogP contribution in [0.3, 0.4) is 0 Å². The quantitative estimate of drug-likeness (QED) is 0.691. The standard InChI is InChI=1S/C16H18N2O4/c19-14(17-10-15(20)21)9-11-5-7-13(8-6-11)18-16(22)12-3-1-2-4-12/h1-2,5-8,12H,3-4,9-10H2,(H,17,19)(H,18,22)(H,20,21). The van der Waals surface area contributed by atoms with E-state index in [1.807, 2.05) is 12.2 Å². The number of carbonyl (C=O) groups is 3. The van der Waals surface area contributed by atoms with Gasteiger partial charge in [-0.15, -0.1) is 0 Å². The Labute approximate surface area is 128 Å². The van der Waals surface area contributed by atoms with Crippen LogP contribution in [0.2, 0.25) is 0 Å². The molecule has 1 aromatic rings. The molecule has 1 aliphatic rings. The first-order valence-corrected chi connectivity index (χ1v) is 7.08. The molecule has 0 heterocycles. The van der Waals surface area contributed by atoms with E-state index in [2.05, 4.69) is 10.6 Å². The van der Waals surface area contributed by atoms with Crippen molar-refractivity contribution in [2.75, 3.05) is 11.9 Å². The molecule has 0 fully saturated rings. The van der Waals surface area contributed by atoms with E-state index in [0.717, 1.165) is 18.4 Å². The van der Waals surface area contributed by atoms with Gasteiger partial charge in [0, 0.05) is 11.6 Å². The second kappa shape index (κ2) is 7.40. The number of allylic oxidation sites excluding steroid dienone is 2. The Kier molecular flexibility index (Phi) is 5.30. The Hall–Kier alpha value is -2.63. The van der Waals surface area contributed by atoms with Crippen molar-refractivity contribution in [3.8, 4) is 0 Å². The summed E-state index contributed by atoms with van der Waals surface area (Å²) in [5.74, 6) is -1.43. The molecule has 0 radical (unpaired) electrons. The van der Waals surface area contributed by atoms with E-state index in [4.69, 9.17) is 5.11 Å². The van der Waals surface area contributed by atoms with Gasteiger partial charge >= 0.3 is 5.97 Å². The smallest absolute Gasteiger partial charge is 0.322 e. The highest BCUT2D eigenvalue weighted by Gasteiger charge is 2.19. The van der Waals surface area contributed by atoms with E-state index in [-0.39, 0.29) is 30.7 Å². The van der Waals surface area contributed by atoms with Crippen LogP contribution >= 0.6 is 0 Å². The van der Waals surface area contributed by atoms with Crippen molar-refractivity contribution in [3.05, 3.63) is 42.0 Å². The summed E-state index contributed by atoms with van der Waals surface area (Å²) in [6.45, 7) is -0.387. The molecule has 0 aromatic heterocycles. The van der Waals surface area contributed by atoms with Crippen LogP contribution in [0.15, 0.2) is 36.4 Å². The number of carbonyl (C=O) groups excluding carboxylic acids is 2. The Morgan fingerprint density at radius 2 is 1.73 bits per heavy atom. The number of anilines is 1. The maximum Gasteiger partial charge on any atom is 0.322 e. The zero-order valence-electron chi connectivity index (χ0n) is 12.0. The number of carboxylic acids is 1. The zero-order chi connectivity index (χ0) is 15.9. The van der Waals surface area contributed by atoms with Gasteiger partial charge in [0.1, 0.15) is 6.54 Å². The normalized spacial score (nSPS) is 13.8. The zero-order valence-corrected chi connectivity index (χ0v) is 12.0. The van der Waals surface area contributed by atoms with E-state index >= 15 is 0 Å². The first-order chi connectivity index (χ1) is 10.5. The molecule has 0 saturated heterocycles. The average Bonchev–Trinajstić information content (AvgIpc) is 3.01. The Balaban J connectivity index is 1.83. The van der Waals surface area contributed by atoms with Gasteiger partial charge in [0.05, 0.1) is 6.42 Å². The van der Waals surface area contributed by atoms with Crippen LogP contribution < -0.4 is 10.6 Å². The van der Waals surface area contributed by atoms with Crippen LogP contribution in [0.5, 0.6) is 0 Å². The summed E-state index contributed by atoms with van der Waals surface area (Å²) in [4.78, 5) is 33.8. The number of nitrogens with one attached hydrogen (secondary N) is 2. The summed E-state index contributed by atoms with van der Waals surface area (Å²) >= 11 is 0. The van der Waals surface area contributed by atoms with Crippen molar-refractivity contribution in [1.29, 1.82) is 0 Å². The minimum Gasteiger partial charge on any atom is -0.480 e. The monoisotopic (exact) mass is 302 g/mol. The summed E-state index contributed by atoms with van der Waals surface area (Å²) in [6, 6.07) is 6.95. The number of hydrogen-bond donors (Lipinski definition) is 3. The fraction of sp³-hybridized carbons (Fsp3) is 0.312. The third-order valence-electron chi connectivity index (χ3n) is 3.40. The topological polar surface area (TPSA) is 95.5 Å². The number of rotatable bonds is 6. The third-order valence-corrected chi connectivity index (χ3v) is 3.40. The van der Waals surface area contributed by atoms with Crippen LogP contribution in [-0.4, -0.2) is 29.4 Å². The van der Waals surface area contributed by atoms with Crippen LogP contribution in [0.25, 0.3) is 0 Å². The predicted molar refractivity (Wildman–Crippen MR) is 81.3 cm³/mol. The SMILES string of the molecule is O=C(O)CNC(=O)Cc1ccc(NC(=O)C2CC=CC2)cc1. The van der Waals surface area contributed by atoms with Crippen LogP contribution in [-0.2, 0) is 20.8 Å². The molecule has 0 bridgehead atoms. The number of carboxylic acid groups (broad SMARTS) is 1. The molecule has 22 heavy (non-hydrogen) atoms. The summed E-state index contributed by atoms with van der Waals surface area (Å²) in [5.41, 5.74) is 1.44. The second-order valence-electron chi connectivity index (χ2n) is 5.17. The van der Waals surface area contributed by atoms with Crippen molar-refractivity contribution in [2.24, 2.45) is 5.92 Å². The maximum absolute atomic E-state index is 12.0. The van der Waals surface area contributed by atoms with Gasteiger partial charge in [0.25, 0.3) is 0 Å². The molecular formula is C16H18N2O4. The fourth-order valence-electron chi connectivity index (χ4n) is 2.20. The van der Waals surface area contributed by atoms with Gasteiger partial charge in [-0.3, -0.25) is 14.4 Å². The van der Waals surface area contributed by atoms with Crippen molar-refractivity contribution < 1.29 is 19.5 Å². The molecule has 2 rings (SSSR count). The van der Waals surface area contributed by atoms with E-state index in [9.17, 15) is 14.4 Å². The number of aliphatic carboxylic acids is 1. The molecule has 0 aliphatic heterocycles. The van der Waals surface area contributed by atoms with Crippen molar-refractivity contribution in [1.82, 2.24) is 5.32 Å². The average molecular weight is 302 g/mol. The lowest BCUT2D eigenvalue weighted by molar-refractivity contribution is -0.137. The van der Waals surface area contributed by atoms with Gasteiger partial charge in [-0.1, -0.05) is 24.3 Å². The van der Waals surface area contributed by atoms with Gasteiger partial charge in [0.15, 0.2) is 0 Å². The Morgan fingerprint density at radius 1 is 1.09 bits per heavy atom. The van der Waals surface area contributed by atoms with Crippen molar-refractivity contribution in [3.63, 3.8) is 0 Å². The summed E-state index contributed by atoms with van der Waals surface area (Å²) in [5, 5.41) is 13.6. The van der Waals surface area contributed by atoms with E-state index in [1.165, 1.54) is 0 Å². The van der Waals surface area contributed by atoms with Gasteiger partial charge < -0.3 is 15.7 Å². The van der Waals surface area contributed by atoms with Crippen molar-refractivity contribution >= 4 is 23.5 Å². The fourth-order valence-corrected chi connectivity index (χ4v) is 2.20. The van der Waals surface area contributed by atoms with Crippen molar-refractivity contribution in [2.45, 2.75) is 19.3 Å². The van der Waals surface area contributed by atoms with Gasteiger partial charge in [-0.25, -0.2) is 0 Å². The van der Waals surface area contributed by atoms with Crippen LogP contribution in [0, 0.1) is 5.92 Å². The summed E-state index contributed by atoms with van der Waals surface area (Å²) in [7, 11) is 0. The van der Waals surface area contributed by atoms with Crippen LogP contribution in [0.1, 0.15) is 18.4 Å². The molecule has 0 atom stereocenters. The first kappa shape index (κ1) is 15.8.